The van der Waals surface area contributed by atoms with E-state index in [2.05, 4.69) is 10.3 Å². The summed E-state index contributed by atoms with van der Waals surface area (Å²) in [6.07, 6.45) is -5.96. The monoisotopic (exact) mass is 503 g/mol. The molecule has 2 heterocycles. The number of hydrogen-bond donors (Lipinski definition) is 2. The number of H-pyrrole nitrogens is 1. The van der Waals surface area contributed by atoms with E-state index in [-0.39, 0.29) is 29.8 Å². The predicted octanol–water partition coefficient (Wildman–Crippen LogP) is 4.08. The second-order valence-electron chi connectivity index (χ2n) is 8.92. The molecule has 0 saturated carbocycles. The highest BCUT2D eigenvalue weighted by atomic mass is 19.4. The van der Waals surface area contributed by atoms with Crippen LogP contribution in [0.25, 0.3) is 22.0 Å². The summed E-state index contributed by atoms with van der Waals surface area (Å²) in [6, 6.07) is 11.0. The maximum Gasteiger partial charge on any atom is 0.417 e. The Labute approximate surface area is 204 Å². The van der Waals surface area contributed by atoms with Crippen LogP contribution in [0.15, 0.2) is 53.3 Å². The van der Waals surface area contributed by atoms with Gasteiger partial charge in [0.2, 0.25) is 0 Å². The van der Waals surface area contributed by atoms with Crippen LogP contribution in [-0.2, 0) is 20.4 Å². The van der Waals surface area contributed by atoms with Crippen molar-refractivity contribution in [1.82, 2.24) is 10.3 Å². The van der Waals surface area contributed by atoms with Gasteiger partial charge >= 0.3 is 18.2 Å². The topological polar surface area (TPSA) is 101 Å². The molecule has 1 saturated heterocycles. The third-order valence-electron chi connectivity index (χ3n) is 6.07. The lowest BCUT2D eigenvalue weighted by atomic mass is 10.0. The number of esters is 1. The number of alkyl halides is 3. The van der Waals surface area contributed by atoms with Gasteiger partial charge < -0.3 is 19.8 Å². The molecule has 0 aliphatic carbocycles. The number of carbonyl (C=O) groups excluding carboxylic acids is 2. The van der Waals surface area contributed by atoms with E-state index in [9.17, 15) is 27.6 Å². The van der Waals surface area contributed by atoms with E-state index in [1.165, 1.54) is 35.2 Å². The van der Waals surface area contributed by atoms with Gasteiger partial charge in [-0.2, -0.15) is 13.2 Å². The SMILES string of the molecule is CNC(C)(C)C(=O)OC[C@H]1CN(c2ccc3cc(-c4ccccc4C(F)(F)F)[nH]c(=O)c3c2)C(=O)O1. The summed E-state index contributed by atoms with van der Waals surface area (Å²) < 4.78 is 50.9. The molecule has 0 radical (unpaired) electrons. The Balaban J connectivity index is 1.58. The lowest BCUT2D eigenvalue weighted by Crippen LogP contribution is -2.46. The number of cyclic esters (lactones) is 1. The molecule has 0 unspecified atom stereocenters. The minimum absolute atomic E-state index is 0.0279. The fourth-order valence-corrected chi connectivity index (χ4v) is 3.80. The van der Waals surface area contributed by atoms with Crippen molar-refractivity contribution in [2.24, 2.45) is 0 Å². The first-order valence-corrected chi connectivity index (χ1v) is 11.1. The van der Waals surface area contributed by atoms with Gasteiger partial charge in [0.25, 0.3) is 5.56 Å². The molecule has 190 valence electrons. The Morgan fingerprint density at radius 2 is 1.89 bits per heavy atom. The molecule has 8 nitrogen and oxygen atoms in total. The second-order valence-corrected chi connectivity index (χ2v) is 8.92. The van der Waals surface area contributed by atoms with Crippen LogP contribution in [0.2, 0.25) is 0 Å². The van der Waals surface area contributed by atoms with Crippen LogP contribution in [0.4, 0.5) is 23.7 Å². The quantitative estimate of drug-likeness (QED) is 0.492. The number of halogens is 3. The number of benzene rings is 2. The minimum Gasteiger partial charge on any atom is -0.460 e. The number of likely N-dealkylation sites (N-methyl/N-ethyl adjacent to an activating group) is 1. The van der Waals surface area contributed by atoms with Gasteiger partial charge in [-0.1, -0.05) is 24.3 Å². The van der Waals surface area contributed by atoms with Crippen LogP contribution in [0.1, 0.15) is 19.4 Å². The van der Waals surface area contributed by atoms with Gasteiger partial charge in [0.15, 0.2) is 6.10 Å². The van der Waals surface area contributed by atoms with Crippen LogP contribution < -0.4 is 15.8 Å². The zero-order valence-corrected chi connectivity index (χ0v) is 19.7. The third kappa shape index (κ3) is 4.92. The molecule has 1 aliphatic heterocycles. The molecular formula is C25H24F3N3O5. The predicted molar refractivity (Wildman–Crippen MR) is 127 cm³/mol. The van der Waals surface area contributed by atoms with Crippen molar-refractivity contribution < 1.29 is 32.2 Å². The minimum atomic E-state index is -4.59. The van der Waals surface area contributed by atoms with Crippen LogP contribution in [-0.4, -0.2) is 48.9 Å². The number of amides is 1. The Morgan fingerprint density at radius 1 is 1.17 bits per heavy atom. The first kappa shape index (κ1) is 25.2. The highest BCUT2D eigenvalue weighted by Crippen LogP contribution is 2.36. The summed E-state index contributed by atoms with van der Waals surface area (Å²) in [6.45, 7) is 3.26. The molecule has 4 rings (SSSR count). The fraction of sp³-hybridized carbons (Fsp3) is 0.320. The van der Waals surface area contributed by atoms with Crippen LogP contribution in [0.3, 0.4) is 0 Å². The molecule has 1 amide bonds. The van der Waals surface area contributed by atoms with E-state index in [1.807, 2.05) is 0 Å². The number of ether oxygens (including phenoxy) is 2. The van der Waals surface area contributed by atoms with Crippen molar-refractivity contribution in [2.45, 2.75) is 31.7 Å². The number of carbonyl (C=O) groups is 2. The summed E-state index contributed by atoms with van der Waals surface area (Å²) in [5.41, 5.74) is -2.11. The number of aromatic nitrogens is 1. The second kappa shape index (κ2) is 9.30. The molecule has 3 aromatic rings. The van der Waals surface area contributed by atoms with Gasteiger partial charge in [0, 0.05) is 22.3 Å². The molecule has 1 atom stereocenters. The third-order valence-corrected chi connectivity index (χ3v) is 6.07. The van der Waals surface area contributed by atoms with Gasteiger partial charge in [-0.15, -0.1) is 0 Å². The highest BCUT2D eigenvalue weighted by Gasteiger charge is 2.36. The van der Waals surface area contributed by atoms with Gasteiger partial charge in [0.1, 0.15) is 12.1 Å². The van der Waals surface area contributed by atoms with Crippen LogP contribution in [0, 0.1) is 0 Å². The van der Waals surface area contributed by atoms with E-state index in [0.717, 1.165) is 6.07 Å². The number of hydrogen-bond acceptors (Lipinski definition) is 6. The fourth-order valence-electron chi connectivity index (χ4n) is 3.80. The molecule has 2 aromatic carbocycles. The molecule has 0 bridgehead atoms. The number of nitrogens with zero attached hydrogens (tertiary/aromatic N) is 1. The summed E-state index contributed by atoms with van der Waals surface area (Å²) in [5.74, 6) is -0.500. The van der Waals surface area contributed by atoms with Crippen molar-refractivity contribution in [3.05, 3.63) is 64.4 Å². The van der Waals surface area contributed by atoms with Crippen molar-refractivity contribution in [1.29, 1.82) is 0 Å². The average molecular weight is 503 g/mol. The molecule has 2 N–H and O–H groups in total. The number of aromatic amines is 1. The normalized spacial score (nSPS) is 16.3. The maximum absolute atomic E-state index is 13.4. The van der Waals surface area contributed by atoms with E-state index in [1.54, 1.807) is 33.0 Å². The molecule has 36 heavy (non-hydrogen) atoms. The summed E-state index contributed by atoms with van der Waals surface area (Å²) in [4.78, 5) is 41.2. The summed E-state index contributed by atoms with van der Waals surface area (Å²) in [7, 11) is 1.62. The largest absolute Gasteiger partial charge is 0.460 e. The Kier molecular flexibility index (Phi) is 6.52. The molecular weight excluding hydrogens is 479 g/mol. The summed E-state index contributed by atoms with van der Waals surface area (Å²) >= 11 is 0. The van der Waals surface area contributed by atoms with Crippen LogP contribution in [0.5, 0.6) is 0 Å². The van der Waals surface area contributed by atoms with E-state index < -0.39 is 41.0 Å². The van der Waals surface area contributed by atoms with Crippen LogP contribution >= 0.6 is 0 Å². The molecule has 11 heteroatoms. The first-order valence-electron chi connectivity index (χ1n) is 11.1. The Hall–Kier alpha value is -3.86. The number of anilines is 1. The van der Waals surface area contributed by atoms with Gasteiger partial charge in [0.05, 0.1) is 12.1 Å². The zero-order chi connectivity index (χ0) is 26.3. The Morgan fingerprint density at radius 3 is 2.58 bits per heavy atom. The van der Waals surface area contributed by atoms with E-state index >= 15 is 0 Å². The average Bonchev–Trinajstić information content (AvgIpc) is 3.22. The maximum atomic E-state index is 13.4. The number of fused-ring (bicyclic) bond motifs is 1. The number of nitrogens with one attached hydrogen (secondary N) is 2. The first-order chi connectivity index (χ1) is 16.9. The highest BCUT2D eigenvalue weighted by molar-refractivity contribution is 5.95. The van der Waals surface area contributed by atoms with E-state index in [0.29, 0.717) is 11.1 Å². The van der Waals surface area contributed by atoms with E-state index in [4.69, 9.17) is 9.47 Å². The van der Waals surface area contributed by atoms with Gasteiger partial charge in [-0.25, -0.2) is 4.79 Å². The molecule has 0 spiro atoms. The lowest BCUT2D eigenvalue weighted by molar-refractivity contribution is -0.152. The zero-order valence-electron chi connectivity index (χ0n) is 19.7. The lowest BCUT2D eigenvalue weighted by Gasteiger charge is -2.22. The smallest absolute Gasteiger partial charge is 0.417 e. The van der Waals surface area contributed by atoms with Gasteiger partial charge in [-0.05, 0) is 50.5 Å². The van der Waals surface area contributed by atoms with Crippen molar-refractivity contribution in [2.75, 3.05) is 25.1 Å². The number of pyridine rings is 1. The molecule has 1 fully saturated rings. The molecule has 1 aromatic heterocycles. The van der Waals surface area contributed by atoms with Crippen molar-refractivity contribution in [3.8, 4) is 11.3 Å². The Bertz CT molecular complexity index is 1380. The number of rotatable bonds is 6. The van der Waals surface area contributed by atoms with Crippen molar-refractivity contribution >= 4 is 28.5 Å². The van der Waals surface area contributed by atoms with Gasteiger partial charge in [-0.3, -0.25) is 14.5 Å². The standard InChI is InChI=1S/C25H24F3N3O5/c1-24(2,29-3)22(33)35-13-16-12-31(23(34)36-16)15-9-8-14-10-20(30-21(32)18(14)11-15)17-6-4-5-7-19(17)25(26,27)28/h4-11,16,29H,12-13H2,1-3H3,(H,30,32)/t16-/m1/s1. The van der Waals surface area contributed by atoms with Crippen molar-refractivity contribution in [3.63, 3.8) is 0 Å². The molecule has 1 aliphatic rings. The summed E-state index contributed by atoms with van der Waals surface area (Å²) in [5, 5.41) is 3.42.